The third-order valence-corrected chi connectivity index (χ3v) is 3.48. The maximum absolute atomic E-state index is 12.2. The topological polar surface area (TPSA) is 51.2 Å². The average molecular weight is 341 g/mol. The van der Waals surface area contributed by atoms with E-state index in [-0.39, 0.29) is 5.91 Å². The van der Waals surface area contributed by atoms with E-state index in [4.69, 9.17) is 4.74 Å². The third-order valence-electron chi connectivity index (χ3n) is 2.30. The second-order valence-corrected chi connectivity index (χ2v) is 5.59. The number of nitrogens with zero attached hydrogens (tertiary/aromatic N) is 1. The van der Waals surface area contributed by atoms with Crippen LogP contribution < -0.4 is 10.1 Å². The zero-order valence-electron chi connectivity index (χ0n) is 10.4. The quantitative estimate of drug-likeness (QED) is 0.896. The number of aromatic nitrogens is 1. The highest BCUT2D eigenvalue weighted by Gasteiger charge is 2.14. The lowest BCUT2D eigenvalue weighted by atomic mass is 10.2. The number of rotatable bonds is 5. The van der Waals surface area contributed by atoms with Gasteiger partial charge in [-0.3, -0.25) is 10.1 Å². The highest BCUT2D eigenvalue weighted by atomic mass is 79.9. The van der Waals surface area contributed by atoms with Crippen LogP contribution in [0.4, 0.5) is 5.13 Å². The number of nitrogens with one attached hydrogen (secondary N) is 1. The van der Waals surface area contributed by atoms with Crippen molar-refractivity contribution in [1.29, 1.82) is 0 Å². The van der Waals surface area contributed by atoms with Crippen LogP contribution in [0, 0.1) is 0 Å². The Kier molecular flexibility index (Phi) is 4.93. The zero-order chi connectivity index (χ0) is 13.7. The lowest BCUT2D eigenvalue weighted by Crippen LogP contribution is -2.13. The molecule has 0 bridgehead atoms. The smallest absolute Gasteiger partial charge is 0.261 e. The summed E-state index contributed by atoms with van der Waals surface area (Å²) in [5, 5.41) is 5.14. The molecule has 0 aliphatic heterocycles. The number of hydrogen-bond acceptors (Lipinski definition) is 4. The molecule has 0 aliphatic rings. The number of hydrogen-bond donors (Lipinski definition) is 1. The first kappa shape index (κ1) is 14.0. The van der Waals surface area contributed by atoms with Gasteiger partial charge in [0.05, 0.1) is 12.2 Å². The van der Waals surface area contributed by atoms with Crippen LogP contribution in [-0.4, -0.2) is 17.5 Å². The summed E-state index contributed by atoms with van der Waals surface area (Å²) in [4.78, 5) is 16.2. The minimum Gasteiger partial charge on any atom is -0.493 e. The van der Waals surface area contributed by atoms with Crippen molar-refractivity contribution in [2.24, 2.45) is 0 Å². The zero-order valence-corrected chi connectivity index (χ0v) is 12.8. The van der Waals surface area contributed by atoms with Crippen LogP contribution in [0.25, 0.3) is 0 Å². The van der Waals surface area contributed by atoms with E-state index >= 15 is 0 Å². The molecule has 100 valence electrons. The van der Waals surface area contributed by atoms with Gasteiger partial charge in [-0.25, -0.2) is 4.98 Å². The van der Waals surface area contributed by atoms with E-state index < -0.39 is 0 Å². The number of anilines is 1. The van der Waals surface area contributed by atoms with Gasteiger partial charge in [-0.1, -0.05) is 22.9 Å². The second kappa shape index (κ2) is 6.68. The molecule has 0 saturated carbocycles. The third kappa shape index (κ3) is 3.78. The molecule has 0 atom stereocenters. The first-order valence-electron chi connectivity index (χ1n) is 5.84. The molecule has 0 saturated heterocycles. The molecule has 0 aliphatic carbocycles. The van der Waals surface area contributed by atoms with E-state index in [9.17, 15) is 4.79 Å². The summed E-state index contributed by atoms with van der Waals surface area (Å²) in [7, 11) is 0. The SMILES string of the molecule is CCCOc1ccc(Br)cc1C(=O)Nc1nccs1. The van der Waals surface area contributed by atoms with Gasteiger partial charge < -0.3 is 4.74 Å². The molecule has 1 heterocycles. The van der Waals surface area contributed by atoms with Crippen molar-refractivity contribution in [3.63, 3.8) is 0 Å². The monoisotopic (exact) mass is 340 g/mol. The molecule has 1 amide bonds. The minimum absolute atomic E-state index is 0.220. The predicted octanol–water partition coefficient (Wildman–Crippen LogP) is 3.95. The summed E-state index contributed by atoms with van der Waals surface area (Å²) in [6, 6.07) is 5.38. The van der Waals surface area contributed by atoms with Crippen LogP contribution >= 0.6 is 27.3 Å². The number of amides is 1. The number of carbonyl (C=O) groups excluding carboxylic acids is 1. The fraction of sp³-hybridized carbons (Fsp3) is 0.231. The highest BCUT2D eigenvalue weighted by Crippen LogP contribution is 2.25. The Labute approximate surface area is 124 Å². The normalized spacial score (nSPS) is 10.2. The van der Waals surface area contributed by atoms with Crippen molar-refractivity contribution in [3.05, 3.63) is 39.8 Å². The summed E-state index contributed by atoms with van der Waals surface area (Å²) in [5.41, 5.74) is 0.498. The van der Waals surface area contributed by atoms with Crippen LogP contribution in [0.5, 0.6) is 5.75 Å². The summed E-state index contributed by atoms with van der Waals surface area (Å²) in [5.74, 6) is 0.362. The first-order valence-corrected chi connectivity index (χ1v) is 7.51. The van der Waals surface area contributed by atoms with Crippen molar-refractivity contribution in [3.8, 4) is 5.75 Å². The maximum Gasteiger partial charge on any atom is 0.261 e. The summed E-state index contributed by atoms with van der Waals surface area (Å²) in [6.45, 7) is 2.60. The molecule has 0 radical (unpaired) electrons. The molecule has 19 heavy (non-hydrogen) atoms. The lowest BCUT2D eigenvalue weighted by Gasteiger charge is -2.10. The van der Waals surface area contributed by atoms with Gasteiger partial charge in [0, 0.05) is 16.0 Å². The van der Waals surface area contributed by atoms with Gasteiger partial charge in [0.2, 0.25) is 0 Å². The molecule has 1 aromatic heterocycles. The Bertz CT molecular complexity index is 558. The van der Waals surface area contributed by atoms with E-state index in [1.165, 1.54) is 11.3 Å². The largest absolute Gasteiger partial charge is 0.493 e. The molecule has 0 fully saturated rings. The van der Waals surface area contributed by atoms with Crippen molar-refractivity contribution >= 4 is 38.3 Å². The molecule has 6 heteroatoms. The van der Waals surface area contributed by atoms with Crippen LogP contribution in [0.1, 0.15) is 23.7 Å². The van der Waals surface area contributed by atoms with Crippen LogP contribution in [0.3, 0.4) is 0 Å². The highest BCUT2D eigenvalue weighted by molar-refractivity contribution is 9.10. The molecule has 1 aromatic carbocycles. The average Bonchev–Trinajstić information content (AvgIpc) is 2.90. The standard InChI is InChI=1S/C13H13BrN2O2S/c1-2-6-18-11-4-3-9(14)8-10(11)12(17)16-13-15-5-7-19-13/h3-5,7-8H,2,6H2,1H3,(H,15,16,17). The number of benzene rings is 1. The number of carbonyl (C=O) groups is 1. The molecule has 4 nitrogen and oxygen atoms in total. The Morgan fingerprint density at radius 2 is 2.37 bits per heavy atom. The number of ether oxygens (including phenoxy) is 1. The van der Waals surface area contributed by atoms with Gasteiger partial charge in [-0.2, -0.15) is 0 Å². The van der Waals surface area contributed by atoms with E-state index in [1.807, 2.05) is 18.4 Å². The van der Waals surface area contributed by atoms with E-state index in [0.29, 0.717) is 23.1 Å². The fourth-order valence-electron chi connectivity index (χ4n) is 1.47. The molecule has 1 N–H and O–H groups in total. The van der Waals surface area contributed by atoms with Gasteiger partial charge in [-0.15, -0.1) is 11.3 Å². The minimum atomic E-state index is -0.220. The van der Waals surface area contributed by atoms with E-state index in [0.717, 1.165) is 10.9 Å². The van der Waals surface area contributed by atoms with Gasteiger partial charge in [-0.05, 0) is 24.6 Å². The van der Waals surface area contributed by atoms with Crippen molar-refractivity contribution < 1.29 is 9.53 Å². The Balaban J connectivity index is 2.21. The Morgan fingerprint density at radius 3 is 3.05 bits per heavy atom. The molecule has 2 aromatic rings. The molecule has 0 spiro atoms. The molecular formula is C13H13BrN2O2S. The Morgan fingerprint density at radius 1 is 1.53 bits per heavy atom. The van der Waals surface area contributed by atoms with Crippen molar-refractivity contribution in [2.75, 3.05) is 11.9 Å². The van der Waals surface area contributed by atoms with E-state index in [1.54, 1.807) is 18.3 Å². The number of thiazole rings is 1. The summed E-state index contributed by atoms with van der Waals surface area (Å²) in [6.07, 6.45) is 2.54. The predicted molar refractivity (Wildman–Crippen MR) is 80.0 cm³/mol. The number of halogens is 1. The molecule has 2 rings (SSSR count). The van der Waals surface area contributed by atoms with Crippen molar-refractivity contribution in [2.45, 2.75) is 13.3 Å². The van der Waals surface area contributed by atoms with Crippen molar-refractivity contribution in [1.82, 2.24) is 4.98 Å². The van der Waals surface area contributed by atoms with Crippen LogP contribution in [-0.2, 0) is 0 Å². The summed E-state index contributed by atoms with van der Waals surface area (Å²) < 4.78 is 6.42. The van der Waals surface area contributed by atoms with Gasteiger partial charge in [0.15, 0.2) is 5.13 Å². The second-order valence-electron chi connectivity index (χ2n) is 3.78. The lowest BCUT2D eigenvalue weighted by molar-refractivity contribution is 0.102. The van der Waals surface area contributed by atoms with Gasteiger partial charge in [0.25, 0.3) is 5.91 Å². The van der Waals surface area contributed by atoms with E-state index in [2.05, 4.69) is 26.2 Å². The van der Waals surface area contributed by atoms with Crippen LogP contribution in [0.15, 0.2) is 34.2 Å². The van der Waals surface area contributed by atoms with Crippen LogP contribution in [0.2, 0.25) is 0 Å². The van der Waals surface area contributed by atoms with Gasteiger partial charge in [0.1, 0.15) is 5.75 Å². The first-order chi connectivity index (χ1) is 9.20. The van der Waals surface area contributed by atoms with Gasteiger partial charge >= 0.3 is 0 Å². The summed E-state index contributed by atoms with van der Waals surface area (Å²) >= 11 is 4.74. The maximum atomic E-state index is 12.2. The molecule has 0 unspecified atom stereocenters. The fourth-order valence-corrected chi connectivity index (χ4v) is 2.35. The Hall–Kier alpha value is -1.40. The molecular weight excluding hydrogens is 328 g/mol.